The van der Waals surface area contributed by atoms with E-state index in [0.717, 1.165) is 5.71 Å². The summed E-state index contributed by atoms with van der Waals surface area (Å²) in [6.07, 6.45) is 0.204. The standard InChI is InChI=1S/C11H13NO/c1-8-9(2)13-12-11(8)10-6-4-3-5-7-10/h3-9H,1-2H3/t8-,9+/m0/s1. The van der Waals surface area contributed by atoms with Gasteiger partial charge in [0.2, 0.25) is 0 Å². The van der Waals surface area contributed by atoms with Gasteiger partial charge in [0, 0.05) is 5.92 Å². The maximum atomic E-state index is 5.22. The molecule has 2 heteroatoms. The molecule has 1 heterocycles. The predicted molar refractivity (Wildman–Crippen MR) is 52.7 cm³/mol. The van der Waals surface area contributed by atoms with Crippen molar-refractivity contribution in [3.63, 3.8) is 0 Å². The van der Waals surface area contributed by atoms with Crippen molar-refractivity contribution in [2.45, 2.75) is 20.0 Å². The van der Waals surface area contributed by atoms with E-state index < -0.39 is 0 Å². The van der Waals surface area contributed by atoms with Gasteiger partial charge in [0.15, 0.2) is 0 Å². The van der Waals surface area contributed by atoms with Crippen LogP contribution in [-0.2, 0) is 4.84 Å². The highest BCUT2D eigenvalue weighted by molar-refractivity contribution is 6.02. The van der Waals surface area contributed by atoms with Gasteiger partial charge >= 0.3 is 0 Å². The lowest BCUT2D eigenvalue weighted by Crippen LogP contribution is -2.17. The quantitative estimate of drug-likeness (QED) is 0.642. The fourth-order valence-corrected chi connectivity index (χ4v) is 1.46. The molecule has 0 aliphatic carbocycles. The van der Waals surface area contributed by atoms with Crippen molar-refractivity contribution in [3.8, 4) is 0 Å². The van der Waals surface area contributed by atoms with Gasteiger partial charge in [-0.2, -0.15) is 0 Å². The zero-order valence-electron chi connectivity index (χ0n) is 7.90. The molecule has 1 aromatic rings. The van der Waals surface area contributed by atoms with Crippen molar-refractivity contribution < 1.29 is 4.84 Å². The van der Waals surface area contributed by atoms with Gasteiger partial charge < -0.3 is 4.84 Å². The van der Waals surface area contributed by atoms with Crippen LogP contribution in [0.15, 0.2) is 35.5 Å². The lowest BCUT2D eigenvalue weighted by atomic mass is 9.95. The first kappa shape index (κ1) is 8.30. The molecule has 0 N–H and O–H groups in total. The highest BCUT2D eigenvalue weighted by Crippen LogP contribution is 2.21. The van der Waals surface area contributed by atoms with Gasteiger partial charge in [-0.25, -0.2) is 0 Å². The molecule has 1 aliphatic rings. The normalized spacial score (nSPS) is 26.8. The highest BCUT2D eigenvalue weighted by atomic mass is 16.6. The molecule has 68 valence electrons. The molecule has 0 unspecified atom stereocenters. The third-order valence-corrected chi connectivity index (χ3v) is 2.52. The van der Waals surface area contributed by atoms with E-state index >= 15 is 0 Å². The minimum Gasteiger partial charge on any atom is -0.392 e. The van der Waals surface area contributed by atoms with Crippen LogP contribution in [-0.4, -0.2) is 11.8 Å². The topological polar surface area (TPSA) is 21.6 Å². The molecular weight excluding hydrogens is 162 g/mol. The second kappa shape index (κ2) is 3.21. The summed E-state index contributed by atoms with van der Waals surface area (Å²) in [6.45, 7) is 4.19. The maximum Gasteiger partial charge on any atom is 0.133 e. The number of hydrogen-bond donors (Lipinski definition) is 0. The van der Waals surface area contributed by atoms with E-state index in [9.17, 15) is 0 Å². The summed E-state index contributed by atoms with van der Waals surface area (Å²) in [5.74, 6) is 0.391. The molecule has 0 saturated heterocycles. The number of benzene rings is 1. The van der Waals surface area contributed by atoms with Gasteiger partial charge in [-0.05, 0) is 12.5 Å². The molecule has 2 nitrogen and oxygen atoms in total. The number of nitrogens with zero attached hydrogens (tertiary/aromatic N) is 1. The van der Waals surface area contributed by atoms with Crippen LogP contribution in [0.4, 0.5) is 0 Å². The molecule has 1 aromatic carbocycles. The zero-order chi connectivity index (χ0) is 9.26. The first-order chi connectivity index (χ1) is 6.29. The van der Waals surface area contributed by atoms with Gasteiger partial charge in [-0.15, -0.1) is 0 Å². The van der Waals surface area contributed by atoms with Crippen LogP contribution in [0.3, 0.4) is 0 Å². The minimum atomic E-state index is 0.204. The third-order valence-electron chi connectivity index (χ3n) is 2.52. The van der Waals surface area contributed by atoms with Crippen LogP contribution in [0.5, 0.6) is 0 Å². The SMILES string of the molecule is C[C@@H]1C(c2ccccc2)=NO[C@@H]1C. The maximum absolute atomic E-state index is 5.22. The molecule has 0 amide bonds. The average molecular weight is 175 g/mol. The summed E-state index contributed by atoms with van der Waals surface area (Å²) in [5, 5.41) is 4.08. The Morgan fingerprint density at radius 1 is 1.15 bits per heavy atom. The molecule has 1 aliphatic heterocycles. The van der Waals surface area contributed by atoms with Crippen LogP contribution < -0.4 is 0 Å². The average Bonchev–Trinajstić information content (AvgIpc) is 2.49. The van der Waals surface area contributed by atoms with Crippen molar-refractivity contribution >= 4 is 5.71 Å². The van der Waals surface area contributed by atoms with E-state index in [2.05, 4.69) is 24.2 Å². The van der Waals surface area contributed by atoms with E-state index in [4.69, 9.17) is 4.84 Å². The van der Waals surface area contributed by atoms with Gasteiger partial charge in [0.05, 0.1) is 5.71 Å². The molecule has 0 saturated carbocycles. The fraction of sp³-hybridized carbons (Fsp3) is 0.364. The molecule has 13 heavy (non-hydrogen) atoms. The van der Waals surface area contributed by atoms with Gasteiger partial charge in [-0.3, -0.25) is 0 Å². The smallest absolute Gasteiger partial charge is 0.133 e. The molecule has 2 rings (SSSR count). The van der Waals surface area contributed by atoms with Gasteiger partial charge in [0.25, 0.3) is 0 Å². The van der Waals surface area contributed by atoms with Crippen molar-refractivity contribution in [1.29, 1.82) is 0 Å². The Hall–Kier alpha value is -1.31. The molecular formula is C11H13NO. The van der Waals surface area contributed by atoms with Crippen LogP contribution in [0, 0.1) is 5.92 Å². The molecule has 0 bridgehead atoms. The van der Waals surface area contributed by atoms with Crippen molar-refractivity contribution in [2.75, 3.05) is 0 Å². The number of oxime groups is 1. The Balaban J connectivity index is 2.29. The lowest BCUT2D eigenvalue weighted by Gasteiger charge is -2.08. The Morgan fingerprint density at radius 2 is 1.85 bits per heavy atom. The summed E-state index contributed by atoms with van der Waals surface area (Å²) >= 11 is 0. The summed E-state index contributed by atoms with van der Waals surface area (Å²) < 4.78 is 0. The Bertz CT molecular complexity index is 318. The van der Waals surface area contributed by atoms with Crippen molar-refractivity contribution in [3.05, 3.63) is 35.9 Å². The molecule has 0 fully saturated rings. The highest BCUT2D eigenvalue weighted by Gasteiger charge is 2.26. The van der Waals surface area contributed by atoms with E-state index in [1.807, 2.05) is 25.1 Å². The predicted octanol–water partition coefficient (Wildman–Crippen LogP) is 2.45. The van der Waals surface area contributed by atoms with E-state index in [1.165, 1.54) is 5.56 Å². The van der Waals surface area contributed by atoms with Gasteiger partial charge in [-0.1, -0.05) is 42.4 Å². The first-order valence-electron chi connectivity index (χ1n) is 4.58. The molecule has 0 aromatic heterocycles. The van der Waals surface area contributed by atoms with Crippen LogP contribution in [0.2, 0.25) is 0 Å². The largest absolute Gasteiger partial charge is 0.392 e. The van der Waals surface area contributed by atoms with E-state index in [0.29, 0.717) is 5.92 Å². The minimum absolute atomic E-state index is 0.204. The van der Waals surface area contributed by atoms with E-state index in [-0.39, 0.29) is 6.10 Å². The first-order valence-corrected chi connectivity index (χ1v) is 4.58. The van der Waals surface area contributed by atoms with Crippen molar-refractivity contribution in [1.82, 2.24) is 0 Å². The third kappa shape index (κ3) is 1.44. The van der Waals surface area contributed by atoms with E-state index in [1.54, 1.807) is 0 Å². The number of rotatable bonds is 1. The van der Waals surface area contributed by atoms with Crippen LogP contribution in [0.25, 0.3) is 0 Å². The number of hydrogen-bond acceptors (Lipinski definition) is 2. The van der Waals surface area contributed by atoms with Crippen LogP contribution >= 0.6 is 0 Å². The van der Waals surface area contributed by atoms with Gasteiger partial charge in [0.1, 0.15) is 6.10 Å². The Kier molecular flexibility index (Phi) is 2.05. The second-order valence-electron chi connectivity index (χ2n) is 3.44. The lowest BCUT2D eigenvalue weighted by molar-refractivity contribution is 0.0799. The monoisotopic (exact) mass is 175 g/mol. The van der Waals surface area contributed by atoms with Crippen molar-refractivity contribution in [2.24, 2.45) is 11.1 Å². The fourth-order valence-electron chi connectivity index (χ4n) is 1.46. The second-order valence-corrected chi connectivity index (χ2v) is 3.44. The summed E-state index contributed by atoms with van der Waals surface area (Å²) in [6, 6.07) is 10.2. The summed E-state index contributed by atoms with van der Waals surface area (Å²) in [7, 11) is 0. The molecule has 0 spiro atoms. The Labute approximate surface area is 78.2 Å². The summed E-state index contributed by atoms with van der Waals surface area (Å²) in [5.41, 5.74) is 2.23. The summed E-state index contributed by atoms with van der Waals surface area (Å²) in [4.78, 5) is 5.22. The zero-order valence-corrected chi connectivity index (χ0v) is 7.90. The molecule has 2 atom stereocenters. The van der Waals surface area contributed by atoms with Crippen LogP contribution in [0.1, 0.15) is 19.4 Å². The Morgan fingerprint density at radius 3 is 2.38 bits per heavy atom. The molecule has 0 radical (unpaired) electrons.